The molecule has 1 aliphatic heterocycles. The number of nitrogens with zero attached hydrogens (tertiary/aromatic N) is 1. The van der Waals surface area contributed by atoms with E-state index in [-0.39, 0.29) is 12.1 Å². The molecule has 2 unspecified atom stereocenters. The number of rotatable bonds is 4. The normalized spacial score (nSPS) is 22.0. The molecule has 1 aromatic carbocycles. The van der Waals surface area contributed by atoms with Crippen molar-refractivity contribution in [1.29, 1.82) is 0 Å². The van der Waals surface area contributed by atoms with Crippen molar-refractivity contribution in [3.63, 3.8) is 0 Å². The Morgan fingerprint density at radius 1 is 1.50 bits per heavy atom. The van der Waals surface area contributed by atoms with Crippen LogP contribution in [0.1, 0.15) is 37.8 Å². The van der Waals surface area contributed by atoms with E-state index in [2.05, 4.69) is 39.9 Å². The van der Waals surface area contributed by atoms with Gasteiger partial charge in [-0.25, -0.2) is 0 Å². The topological polar surface area (TPSA) is 40.5 Å². The van der Waals surface area contributed by atoms with Gasteiger partial charge in [-0.05, 0) is 43.5 Å². The molecule has 1 heterocycles. The zero-order valence-corrected chi connectivity index (χ0v) is 12.1. The molecule has 1 aliphatic rings. The number of carboxylic acids is 1. The van der Waals surface area contributed by atoms with Gasteiger partial charge in [0.25, 0.3) is 0 Å². The molecule has 18 heavy (non-hydrogen) atoms. The highest BCUT2D eigenvalue weighted by molar-refractivity contribution is 9.10. The first kappa shape index (κ1) is 13.6. The lowest BCUT2D eigenvalue weighted by molar-refractivity contribution is -0.143. The fourth-order valence-corrected chi connectivity index (χ4v) is 3.04. The van der Waals surface area contributed by atoms with Crippen LogP contribution >= 0.6 is 15.9 Å². The second-order valence-electron chi connectivity index (χ2n) is 4.71. The van der Waals surface area contributed by atoms with Gasteiger partial charge in [0, 0.05) is 10.5 Å². The van der Waals surface area contributed by atoms with Crippen LogP contribution < -0.4 is 0 Å². The first-order chi connectivity index (χ1) is 8.63. The number of aliphatic carboxylic acids is 1. The maximum absolute atomic E-state index is 11.3. The molecule has 0 aliphatic carbocycles. The summed E-state index contributed by atoms with van der Waals surface area (Å²) in [6.45, 7) is 3.00. The van der Waals surface area contributed by atoms with E-state index in [1.165, 1.54) is 5.56 Å². The molecule has 2 atom stereocenters. The number of halogens is 1. The third-order valence-electron chi connectivity index (χ3n) is 3.62. The minimum absolute atomic E-state index is 0.210. The van der Waals surface area contributed by atoms with Crippen molar-refractivity contribution < 1.29 is 9.90 Å². The molecule has 0 bridgehead atoms. The molecular weight excluding hydrogens is 294 g/mol. The molecule has 98 valence electrons. The summed E-state index contributed by atoms with van der Waals surface area (Å²) >= 11 is 3.43. The Bertz CT molecular complexity index is 418. The molecule has 1 fully saturated rings. The lowest BCUT2D eigenvalue weighted by Gasteiger charge is -2.30. The van der Waals surface area contributed by atoms with Crippen molar-refractivity contribution in [2.75, 3.05) is 6.54 Å². The summed E-state index contributed by atoms with van der Waals surface area (Å²) in [5.41, 5.74) is 1.20. The summed E-state index contributed by atoms with van der Waals surface area (Å²) in [5.74, 6) is -0.692. The molecule has 3 nitrogen and oxygen atoms in total. The zero-order chi connectivity index (χ0) is 13.1. The van der Waals surface area contributed by atoms with Gasteiger partial charge >= 0.3 is 5.97 Å². The van der Waals surface area contributed by atoms with Crippen molar-refractivity contribution >= 4 is 21.9 Å². The van der Waals surface area contributed by atoms with Gasteiger partial charge in [-0.2, -0.15) is 0 Å². The minimum Gasteiger partial charge on any atom is -0.480 e. The van der Waals surface area contributed by atoms with Crippen LogP contribution in [-0.4, -0.2) is 28.6 Å². The third-order valence-corrected chi connectivity index (χ3v) is 4.15. The number of carbonyl (C=O) groups is 1. The number of benzene rings is 1. The zero-order valence-electron chi connectivity index (χ0n) is 10.5. The minimum atomic E-state index is -0.692. The lowest BCUT2D eigenvalue weighted by atomic mass is 10.0. The first-order valence-corrected chi connectivity index (χ1v) is 7.16. The Balaban J connectivity index is 2.22. The number of likely N-dealkylation sites (tertiary alicyclic amines) is 1. The molecule has 1 aromatic rings. The van der Waals surface area contributed by atoms with Crippen molar-refractivity contribution in [3.8, 4) is 0 Å². The number of hydrogen-bond acceptors (Lipinski definition) is 2. The van der Waals surface area contributed by atoms with E-state index in [1.807, 2.05) is 12.1 Å². The number of hydrogen-bond donors (Lipinski definition) is 1. The predicted molar refractivity (Wildman–Crippen MR) is 74.5 cm³/mol. The van der Waals surface area contributed by atoms with Crippen molar-refractivity contribution in [2.24, 2.45) is 0 Å². The van der Waals surface area contributed by atoms with Crippen molar-refractivity contribution in [2.45, 2.75) is 38.3 Å². The molecule has 1 N–H and O–H groups in total. The van der Waals surface area contributed by atoms with Crippen LogP contribution in [0.3, 0.4) is 0 Å². The summed E-state index contributed by atoms with van der Waals surface area (Å²) < 4.78 is 1.05. The van der Waals surface area contributed by atoms with E-state index in [9.17, 15) is 9.90 Å². The SMILES string of the molecule is CCC(c1ccc(Br)cc1)N1CCCC1C(=O)O. The Morgan fingerprint density at radius 2 is 2.17 bits per heavy atom. The molecule has 0 saturated carbocycles. The molecule has 0 spiro atoms. The Morgan fingerprint density at radius 3 is 2.72 bits per heavy atom. The van der Waals surface area contributed by atoms with Crippen molar-refractivity contribution in [1.82, 2.24) is 4.90 Å². The van der Waals surface area contributed by atoms with Crippen LogP contribution in [0.25, 0.3) is 0 Å². The van der Waals surface area contributed by atoms with E-state index < -0.39 is 5.97 Å². The van der Waals surface area contributed by atoms with Gasteiger partial charge in [0.05, 0.1) is 0 Å². The lowest BCUT2D eigenvalue weighted by Crippen LogP contribution is -2.38. The van der Waals surface area contributed by atoms with Crippen LogP contribution in [0.4, 0.5) is 0 Å². The Kier molecular flexibility index (Phi) is 4.40. The Hall–Kier alpha value is -0.870. The van der Waals surface area contributed by atoms with E-state index in [0.29, 0.717) is 0 Å². The molecule has 1 saturated heterocycles. The van der Waals surface area contributed by atoms with Gasteiger partial charge in [-0.1, -0.05) is 35.0 Å². The second kappa shape index (κ2) is 5.85. The maximum Gasteiger partial charge on any atom is 0.320 e. The Labute approximate surface area is 116 Å². The second-order valence-corrected chi connectivity index (χ2v) is 5.63. The molecule has 0 radical (unpaired) electrons. The predicted octanol–water partition coefficient (Wildman–Crippen LogP) is 3.45. The summed E-state index contributed by atoms with van der Waals surface area (Å²) in [6.07, 6.45) is 2.68. The van der Waals surface area contributed by atoms with Crippen LogP contribution in [-0.2, 0) is 4.79 Å². The standard InChI is InChI=1S/C14H18BrNO2/c1-2-12(10-5-7-11(15)8-6-10)16-9-3-4-13(16)14(17)18/h5-8,12-13H,2-4,9H2,1H3,(H,17,18). The average molecular weight is 312 g/mol. The fourth-order valence-electron chi connectivity index (χ4n) is 2.77. The fraction of sp³-hybridized carbons (Fsp3) is 0.500. The van der Waals surface area contributed by atoms with E-state index in [1.54, 1.807) is 0 Å². The van der Waals surface area contributed by atoms with Gasteiger partial charge in [0.15, 0.2) is 0 Å². The average Bonchev–Trinajstić information content (AvgIpc) is 2.82. The first-order valence-electron chi connectivity index (χ1n) is 6.37. The molecule has 4 heteroatoms. The van der Waals surface area contributed by atoms with Crippen LogP contribution in [0.2, 0.25) is 0 Å². The van der Waals surface area contributed by atoms with Gasteiger partial charge in [-0.3, -0.25) is 9.69 Å². The van der Waals surface area contributed by atoms with Crippen LogP contribution in [0.15, 0.2) is 28.7 Å². The summed E-state index contributed by atoms with van der Waals surface area (Å²) in [5, 5.41) is 9.27. The largest absolute Gasteiger partial charge is 0.480 e. The molecule has 0 aromatic heterocycles. The van der Waals surface area contributed by atoms with Gasteiger partial charge in [0.1, 0.15) is 6.04 Å². The van der Waals surface area contributed by atoms with E-state index in [4.69, 9.17) is 0 Å². The summed E-state index contributed by atoms with van der Waals surface area (Å²) in [6, 6.07) is 8.08. The third kappa shape index (κ3) is 2.75. The van der Waals surface area contributed by atoms with Crippen LogP contribution in [0, 0.1) is 0 Å². The van der Waals surface area contributed by atoms with Gasteiger partial charge in [0.2, 0.25) is 0 Å². The van der Waals surface area contributed by atoms with Gasteiger partial charge < -0.3 is 5.11 Å². The van der Waals surface area contributed by atoms with Crippen molar-refractivity contribution in [3.05, 3.63) is 34.3 Å². The highest BCUT2D eigenvalue weighted by Gasteiger charge is 2.35. The highest BCUT2D eigenvalue weighted by atomic mass is 79.9. The molecule has 2 rings (SSSR count). The molecular formula is C14H18BrNO2. The summed E-state index contributed by atoms with van der Waals surface area (Å²) in [4.78, 5) is 13.4. The van der Waals surface area contributed by atoms with E-state index >= 15 is 0 Å². The highest BCUT2D eigenvalue weighted by Crippen LogP contribution is 2.32. The van der Waals surface area contributed by atoms with Crippen LogP contribution in [0.5, 0.6) is 0 Å². The van der Waals surface area contributed by atoms with E-state index in [0.717, 1.165) is 30.3 Å². The maximum atomic E-state index is 11.3. The smallest absolute Gasteiger partial charge is 0.320 e. The quantitative estimate of drug-likeness (QED) is 0.926. The molecule has 0 amide bonds. The summed E-state index contributed by atoms with van der Waals surface area (Å²) in [7, 11) is 0. The monoisotopic (exact) mass is 311 g/mol. The number of carboxylic acid groups (broad SMARTS) is 1. The van der Waals surface area contributed by atoms with Gasteiger partial charge in [-0.15, -0.1) is 0 Å².